The number of hydrogen-bond acceptors (Lipinski definition) is 4. The minimum Gasteiger partial charge on any atom is -0.481 e. The number of aliphatic carboxylic acids is 1. The van der Waals surface area contributed by atoms with E-state index in [1.54, 1.807) is 16.2 Å². The zero-order valence-corrected chi connectivity index (χ0v) is 11.9. The number of amides is 2. The Morgan fingerprint density at radius 1 is 1.55 bits per heavy atom. The van der Waals surface area contributed by atoms with Gasteiger partial charge in [-0.1, -0.05) is 6.07 Å². The normalized spacial score (nSPS) is 18.8. The number of thiophene rings is 1. The Kier molecular flexibility index (Phi) is 5.37. The van der Waals surface area contributed by atoms with Gasteiger partial charge >= 0.3 is 12.0 Å². The fourth-order valence-electron chi connectivity index (χ4n) is 2.14. The van der Waals surface area contributed by atoms with Crippen LogP contribution in [0.15, 0.2) is 17.5 Å². The van der Waals surface area contributed by atoms with Crippen molar-refractivity contribution in [1.29, 1.82) is 0 Å². The van der Waals surface area contributed by atoms with E-state index >= 15 is 0 Å². The monoisotopic (exact) mass is 298 g/mol. The topological polar surface area (TPSA) is 78.9 Å². The standard InChI is InChI=1S/C13H18N2O4S/c16-12(17)8-10-9-19-6-5-15(10)13(18)14-4-3-11-2-1-7-20-11/h1-2,7,10H,3-6,8-9H2,(H,14,18)(H,16,17). The van der Waals surface area contributed by atoms with E-state index in [-0.39, 0.29) is 25.1 Å². The quantitative estimate of drug-likeness (QED) is 0.855. The predicted molar refractivity (Wildman–Crippen MR) is 75.0 cm³/mol. The van der Waals surface area contributed by atoms with Crippen LogP contribution in [0.3, 0.4) is 0 Å². The molecule has 110 valence electrons. The summed E-state index contributed by atoms with van der Waals surface area (Å²) in [4.78, 5) is 25.7. The highest BCUT2D eigenvalue weighted by Crippen LogP contribution is 2.11. The minimum atomic E-state index is -0.920. The molecular formula is C13H18N2O4S. The highest BCUT2D eigenvalue weighted by Gasteiger charge is 2.28. The lowest BCUT2D eigenvalue weighted by molar-refractivity contribution is -0.139. The van der Waals surface area contributed by atoms with Crippen molar-refractivity contribution in [2.24, 2.45) is 0 Å². The number of carbonyl (C=O) groups is 2. The van der Waals surface area contributed by atoms with Gasteiger partial charge in [0.25, 0.3) is 0 Å². The fraction of sp³-hybridized carbons (Fsp3) is 0.538. The van der Waals surface area contributed by atoms with Crippen LogP contribution in [0, 0.1) is 0 Å². The largest absolute Gasteiger partial charge is 0.481 e. The average molecular weight is 298 g/mol. The Morgan fingerprint density at radius 2 is 2.40 bits per heavy atom. The minimum absolute atomic E-state index is 0.0850. The number of carbonyl (C=O) groups excluding carboxylic acids is 1. The zero-order valence-electron chi connectivity index (χ0n) is 11.1. The van der Waals surface area contributed by atoms with Gasteiger partial charge in [-0.2, -0.15) is 0 Å². The molecule has 2 amide bonds. The van der Waals surface area contributed by atoms with Gasteiger partial charge < -0.3 is 20.1 Å². The molecule has 0 radical (unpaired) electrons. The van der Waals surface area contributed by atoms with E-state index in [1.807, 2.05) is 17.5 Å². The van der Waals surface area contributed by atoms with Crippen LogP contribution >= 0.6 is 11.3 Å². The van der Waals surface area contributed by atoms with Gasteiger partial charge in [-0.05, 0) is 17.9 Å². The molecule has 1 fully saturated rings. The summed E-state index contributed by atoms with van der Waals surface area (Å²) < 4.78 is 5.24. The molecule has 2 rings (SSSR count). The van der Waals surface area contributed by atoms with E-state index in [2.05, 4.69) is 5.32 Å². The summed E-state index contributed by atoms with van der Waals surface area (Å²) in [6.45, 7) is 1.72. The van der Waals surface area contributed by atoms with Crippen LogP contribution in [0.2, 0.25) is 0 Å². The van der Waals surface area contributed by atoms with E-state index in [4.69, 9.17) is 9.84 Å². The van der Waals surface area contributed by atoms with E-state index in [9.17, 15) is 9.59 Å². The highest BCUT2D eigenvalue weighted by molar-refractivity contribution is 7.09. The van der Waals surface area contributed by atoms with Crippen LogP contribution in [-0.2, 0) is 16.0 Å². The van der Waals surface area contributed by atoms with Crippen molar-refractivity contribution in [3.63, 3.8) is 0 Å². The summed E-state index contributed by atoms with van der Waals surface area (Å²) in [5, 5.41) is 13.7. The molecule has 0 aromatic carbocycles. The molecule has 1 saturated heterocycles. The molecule has 1 aromatic rings. The molecule has 2 heterocycles. The van der Waals surface area contributed by atoms with E-state index in [0.717, 1.165) is 6.42 Å². The molecule has 0 spiro atoms. The molecule has 6 nitrogen and oxygen atoms in total. The molecule has 0 aliphatic carbocycles. The number of rotatable bonds is 5. The molecule has 1 unspecified atom stereocenters. The van der Waals surface area contributed by atoms with Crippen LogP contribution in [0.1, 0.15) is 11.3 Å². The van der Waals surface area contributed by atoms with Gasteiger partial charge in [-0.15, -0.1) is 11.3 Å². The first-order valence-corrected chi connectivity index (χ1v) is 7.41. The molecule has 0 bridgehead atoms. The maximum atomic E-state index is 12.1. The van der Waals surface area contributed by atoms with Crippen molar-refractivity contribution >= 4 is 23.3 Å². The number of ether oxygens (including phenoxy) is 1. The third kappa shape index (κ3) is 4.21. The van der Waals surface area contributed by atoms with Crippen LogP contribution < -0.4 is 5.32 Å². The van der Waals surface area contributed by atoms with Gasteiger partial charge in [0.15, 0.2) is 0 Å². The van der Waals surface area contributed by atoms with E-state index in [1.165, 1.54) is 4.88 Å². The lowest BCUT2D eigenvalue weighted by Crippen LogP contribution is -2.53. The summed E-state index contributed by atoms with van der Waals surface area (Å²) in [6, 6.07) is 3.41. The third-order valence-corrected chi connectivity index (χ3v) is 4.06. The average Bonchev–Trinajstić information content (AvgIpc) is 2.91. The SMILES string of the molecule is O=C(O)CC1COCCN1C(=O)NCCc1cccs1. The Hall–Kier alpha value is -1.60. The Labute approximate surface area is 121 Å². The molecule has 1 aliphatic heterocycles. The number of nitrogens with one attached hydrogen (secondary N) is 1. The van der Waals surface area contributed by atoms with Gasteiger partial charge in [0.2, 0.25) is 0 Å². The van der Waals surface area contributed by atoms with E-state index < -0.39 is 5.97 Å². The molecule has 1 aliphatic rings. The number of carboxylic acid groups (broad SMARTS) is 1. The molecule has 1 aromatic heterocycles. The van der Waals surface area contributed by atoms with Crippen LogP contribution in [0.25, 0.3) is 0 Å². The fourth-order valence-corrected chi connectivity index (χ4v) is 2.85. The summed E-state index contributed by atoms with van der Waals surface area (Å²) in [6.07, 6.45) is 0.704. The Balaban J connectivity index is 1.81. The van der Waals surface area contributed by atoms with Crippen molar-refractivity contribution in [1.82, 2.24) is 10.2 Å². The molecule has 0 saturated carbocycles. The molecular weight excluding hydrogens is 280 g/mol. The molecule has 1 atom stereocenters. The predicted octanol–water partition coefficient (Wildman–Crippen LogP) is 1.18. The molecule has 2 N–H and O–H groups in total. The van der Waals surface area contributed by atoms with Crippen LogP contribution in [0.5, 0.6) is 0 Å². The first-order chi connectivity index (χ1) is 9.66. The molecule has 20 heavy (non-hydrogen) atoms. The van der Waals surface area contributed by atoms with Crippen LogP contribution in [0.4, 0.5) is 4.79 Å². The first kappa shape index (κ1) is 14.8. The number of urea groups is 1. The van der Waals surface area contributed by atoms with Gasteiger partial charge in [0.05, 0.1) is 25.7 Å². The number of nitrogens with zero attached hydrogens (tertiary/aromatic N) is 1. The lowest BCUT2D eigenvalue weighted by Gasteiger charge is -2.34. The number of morpholine rings is 1. The third-order valence-electron chi connectivity index (χ3n) is 3.13. The number of carboxylic acids is 1. The Bertz CT molecular complexity index is 449. The van der Waals surface area contributed by atoms with Crippen LogP contribution in [-0.4, -0.2) is 54.4 Å². The summed E-state index contributed by atoms with van der Waals surface area (Å²) in [5.41, 5.74) is 0. The Morgan fingerprint density at radius 3 is 3.10 bits per heavy atom. The summed E-state index contributed by atoms with van der Waals surface area (Å²) >= 11 is 1.66. The van der Waals surface area contributed by atoms with Gasteiger partial charge in [0.1, 0.15) is 0 Å². The second kappa shape index (κ2) is 7.25. The zero-order chi connectivity index (χ0) is 14.4. The molecule has 7 heteroatoms. The van der Waals surface area contributed by atoms with Crippen molar-refractivity contribution in [2.45, 2.75) is 18.9 Å². The van der Waals surface area contributed by atoms with Crippen molar-refractivity contribution in [3.05, 3.63) is 22.4 Å². The summed E-state index contributed by atoms with van der Waals surface area (Å²) in [5.74, 6) is -0.920. The van der Waals surface area contributed by atoms with Gasteiger partial charge in [-0.25, -0.2) is 4.79 Å². The number of hydrogen-bond donors (Lipinski definition) is 2. The first-order valence-electron chi connectivity index (χ1n) is 6.53. The van der Waals surface area contributed by atoms with Crippen molar-refractivity contribution in [2.75, 3.05) is 26.3 Å². The highest BCUT2D eigenvalue weighted by atomic mass is 32.1. The van der Waals surface area contributed by atoms with E-state index in [0.29, 0.717) is 19.7 Å². The van der Waals surface area contributed by atoms with Gasteiger partial charge in [-0.3, -0.25) is 4.79 Å². The van der Waals surface area contributed by atoms with Crippen molar-refractivity contribution < 1.29 is 19.4 Å². The lowest BCUT2D eigenvalue weighted by atomic mass is 10.1. The second-order valence-electron chi connectivity index (χ2n) is 4.58. The smallest absolute Gasteiger partial charge is 0.317 e. The van der Waals surface area contributed by atoms with Gasteiger partial charge in [0, 0.05) is 18.0 Å². The van der Waals surface area contributed by atoms with Crippen molar-refractivity contribution in [3.8, 4) is 0 Å². The second-order valence-corrected chi connectivity index (χ2v) is 5.61. The maximum Gasteiger partial charge on any atom is 0.317 e. The summed E-state index contributed by atoms with van der Waals surface area (Å²) in [7, 11) is 0. The maximum absolute atomic E-state index is 12.1.